The first-order chi connectivity index (χ1) is 6.45. The summed E-state index contributed by atoms with van der Waals surface area (Å²) in [6.45, 7) is 5.91. The maximum absolute atomic E-state index is 11.8. The van der Waals surface area contributed by atoms with E-state index in [0.717, 1.165) is 0 Å². The second kappa shape index (κ2) is 3.81. The number of carbonyl (C=O) groups is 2. The van der Waals surface area contributed by atoms with Crippen LogP contribution in [0.4, 0.5) is 0 Å². The van der Waals surface area contributed by atoms with E-state index < -0.39 is 11.6 Å². The third-order valence-electron chi connectivity index (χ3n) is 2.60. The molecule has 80 valence electrons. The van der Waals surface area contributed by atoms with Crippen molar-refractivity contribution in [1.82, 2.24) is 10.2 Å². The fraction of sp³-hybridized carbons (Fsp3) is 0.778. The molecule has 0 radical (unpaired) electrons. The Morgan fingerprint density at radius 3 is 2.50 bits per heavy atom. The Morgan fingerprint density at radius 1 is 1.50 bits per heavy atom. The van der Waals surface area contributed by atoms with E-state index in [9.17, 15) is 9.59 Å². The first-order valence-corrected chi connectivity index (χ1v) is 5.31. The van der Waals surface area contributed by atoms with E-state index in [-0.39, 0.29) is 11.8 Å². The third-order valence-corrected chi connectivity index (χ3v) is 2.96. The third kappa shape index (κ3) is 1.61. The van der Waals surface area contributed by atoms with Gasteiger partial charge in [0.2, 0.25) is 11.8 Å². The molecule has 0 saturated carbocycles. The van der Waals surface area contributed by atoms with E-state index in [1.165, 1.54) is 0 Å². The summed E-state index contributed by atoms with van der Waals surface area (Å²) >= 11 is 4.04. The van der Waals surface area contributed by atoms with Gasteiger partial charge in [-0.15, -0.1) is 0 Å². The topological polar surface area (TPSA) is 49.4 Å². The van der Waals surface area contributed by atoms with Crippen molar-refractivity contribution in [1.29, 1.82) is 0 Å². The Morgan fingerprint density at radius 2 is 2.07 bits per heavy atom. The first kappa shape index (κ1) is 11.4. The number of rotatable bonds is 2. The van der Waals surface area contributed by atoms with Gasteiger partial charge in [0.1, 0.15) is 11.6 Å². The molecule has 1 heterocycles. The van der Waals surface area contributed by atoms with E-state index in [4.69, 9.17) is 0 Å². The molecule has 1 aliphatic rings. The van der Waals surface area contributed by atoms with Crippen molar-refractivity contribution in [2.75, 3.05) is 12.3 Å². The van der Waals surface area contributed by atoms with Crippen LogP contribution < -0.4 is 5.32 Å². The quantitative estimate of drug-likeness (QED) is 0.640. The van der Waals surface area contributed by atoms with Crippen LogP contribution in [-0.2, 0) is 9.59 Å². The molecular weight excluding hydrogens is 200 g/mol. The first-order valence-electron chi connectivity index (χ1n) is 4.68. The highest BCUT2D eigenvalue weighted by atomic mass is 32.1. The van der Waals surface area contributed by atoms with Crippen molar-refractivity contribution in [2.24, 2.45) is 0 Å². The van der Waals surface area contributed by atoms with Gasteiger partial charge in [0.25, 0.3) is 0 Å². The molecule has 0 aromatic heterocycles. The van der Waals surface area contributed by atoms with Crippen molar-refractivity contribution < 1.29 is 9.59 Å². The Bertz CT molecular complexity index is 266. The van der Waals surface area contributed by atoms with Crippen LogP contribution in [0.5, 0.6) is 0 Å². The number of hydrogen-bond acceptors (Lipinski definition) is 3. The molecule has 14 heavy (non-hydrogen) atoms. The van der Waals surface area contributed by atoms with E-state index in [2.05, 4.69) is 17.9 Å². The lowest BCUT2D eigenvalue weighted by atomic mass is 9.96. The highest BCUT2D eigenvalue weighted by molar-refractivity contribution is 7.80. The molecule has 4 nitrogen and oxygen atoms in total. The van der Waals surface area contributed by atoms with Crippen LogP contribution >= 0.6 is 12.6 Å². The molecule has 0 spiro atoms. The van der Waals surface area contributed by atoms with Crippen LogP contribution in [0.25, 0.3) is 0 Å². The van der Waals surface area contributed by atoms with Crippen LogP contribution in [0.15, 0.2) is 0 Å². The van der Waals surface area contributed by atoms with Gasteiger partial charge in [-0.05, 0) is 20.8 Å². The van der Waals surface area contributed by atoms with Crippen LogP contribution in [-0.4, -0.2) is 40.6 Å². The zero-order valence-electron chi connectivity index (χ0n) is 8.70. The van der Waals surface area contributed by atoms with Gasteiger partial charge in [-0.3, -0.25) is 9.59 Å². The molecule has 0 bridgehead atoms. The number of hydrogen-bond donors (Lipinski definition) is 2. The molecule has 0 aromatic rings. The van der Waals surface area contributed by atoms with E-state index in [0.29, 0.717) is 12.3 Å². The average molecular weight is 216 g/mol. The van der Waals surface area contributed by atoms with Gasteiger partial charge in [0.15, 0.2) is 0 Å². The normalized spacial score (nSPS) is 26.3. The summed E-state index contributed by atoms with van der Waals surface area (Å²) in [7, 11) is 0. The van der Waals surface area contributed by atoms with E-state index >= 15 is 0 Å². The maximum Gasteiger partial charge on any atom is 0.246 e. The molecule has 1 unspecified atom stereocenters. The summed E-state index contributed by atoms with van der Waals surface area (Å²) in [5.74, 6) is 0.182. The SMILES string of the molecule is CCN1C(=O)C(CS)NC(=O)C1(C)C. The van der Waals surface area contributed by atoms with E-state index in [1.807, 2.05) is 6.92 Å². The lowest BCUT2D eigenvalue weighted by molar-refractivity contribution is -0.154. The molecule has 1 rings (SSSR count). The van der Waals surface area contributed by atoms with Crippen LogP contribution in [0.3, 0.4) is 0 Å². The number of carbonyl (C=O) groups excluding carboxylic acids is 2. The largest absolute Gasteiger partial charge is 0.341 e. The van der Waals surface area contributed by atoms with Crippen molar-refractivity contribution >= 4 is 24.4 Å². The summed E-state index contributed by atoms with van der Waals surface area (Å²) < 4.78 is 0. The standard InChI is InChI=1S/C9H16N2O2S/c1-4-11-7(12)6(5-14)10-8(13)9(11,2)3/h6,14H,4-5H2,1-3H3,(H,10,13). The Balaban J connectivity index is 2.97. The van der Waals surface area contributed by atoms with Gasteiger partial charge in [-0.2, -0.15) is 12.6 Å². The molecule has 0 aromatic carbocycles. The molecule has 1 aliphatic heterocycles. The highest BCUT2D eigenvalue weighted by Crippen LogP contribution is 2.20. The minimum atomic E-state index is -0.745. The predicted molar refractivity (Wildman–Crippen MR) is 57.2 cm³/mol. The predicted octanol–water partition coefficient (Wildman–Crippen LogP) is 0.0417. The number of piperazine rings is 1. The summed E-state index contributed by atoms with van der Waals surface area (Å²) in [4.78, 5) is 25.1. The minimum Gasteiger partial charge on any atom is -0.341 e. The Kier molecular flexibility index (Phi) is 3.09. The second-order valence-corrected chi connectivity index (χ2v) is 4.22. The maximum atomic E-state index is 11.8. The zero-order valence-corrected chi connectivity index (χ0v) is 9.60. The Labute approximate surface area is 89.4 Å². The second-order valence-electron chi connectivity index (χ2n) is 3.85. The summed E-state index contributed by atoms with van der Waals surface area (Å²) in [6, 6.07) is -0.473. The van der Waals surface area contributed by atoms with Crippen molar-refractivity contribution in [2.45, 2.75) is 32.4 Å². The average Bonchev–Trinajstić information content (AvgIpc) is 2.12. The minimum absolute atomic E-state index is 0.0490. The summed E-state index contributed by atoms with van der Waals surface area (Å²) in [6.07, 6.45) is 0. The molecular formula is C9H16N2O2S. The van der Waals surface area contributed by atoms with Gasteiger partial charge in [-0.1, -0.05) is 0 Å². The van der Waals surface area contributed by atoms with Gasteiger partial charge in [-0.25, -0.2) is 0 Å². The summed E-state index contributed by atoms with van der Waals surface area (Å²) in [5.41, 5.74) is -0.745. The number of nitrogens with zero attached hydrogens (tertiary/aromatic N) is 1. The fourth-order valence-corrected chi connectivity index (χ4v) is 1.91. The van der Waals surface area contributed by atoms with Crippen molar-refractivity contribution in [3.63, 3.8) is 0 Å². The molecule has 1 atom stereocenters. The van der Waals surface area contributed by atoms with Gasteiger partial charge in [0, 0.05) is 12.3 Å². The smallest absolute Gasteiger partial charge is 0.246 e. The number of nitrogens with one attached hydrogen (secondary N) is 1. The van der Waals surface area contributed by atoms with Gasteiger partial charge >= 0.3 is 0 Å². The molecule has 1 fully saturated rings. The number of amides is 2. The number of thiol groups is 1. The molecule has 2 amide bonds. The van der Waals surface area contributed by atoms with Crippen molar-refractivity contribution in [3.8, 4) is 0 Å². The van der Waals surface area contributed by atoms with Crippen molar-refractivity contribution in [3.05, 3.63) is 0 Å². The highest BCUT2D eigenvalue weighted by Gasteiger charge is 2.44. The lowest BCUT2D eigenvalue weighted by Gasteiger charge is -2.43. The molecule has 1 saturated heterocycles. The number of likely N-dealkylation sites (N-methyl/N-ethyl adjacent to an activating group) is 1. The van der Waals surface area contributed by atoms with E-state index in [1.54, 1.807) is 18.7 Å². The Hall–Kier alpha value is -0.710. The van der Waals surface area contributed by atoms with Crippen LogP contribution in [0, 0.1) is 0 Å². The molecule has 1 N–H and O–H groups in total. The van der Waals surface area contributed by atoms with Gasteiger partial charge in [0.05, 0.1) is 0 Å². The van der Waals surface area contributed by atoms with Crippen LogP contribution in [0.2, 0.25) is 0 Å². The zero-order chi connectivity index (χ0) is 10.9. The molecule has 5 heteroatoms. The van der Waals surface area contributed by atoms with Gasteiger partial charge < -0.3 is 10.2 Å². The monoisotopic (exact) mass is 216 g/mol. The summed E-state index contributed by atoms with van der Waals surface area (Å²) in [5, 5.41) is 2.66. The van der Waals surface area contributed by atoms with Crippen LogP contribution in [0.1, 0.15) is 20.8 Å². The molecule has 0 aliphatic carbocycles. The lowest BCUT2D eigenvalue weighted by Crippen LogP contribution is -2.68. The fourth-order valence-electron chi connectivity index (χ4n) is 1.66.